The van der Waals surface area contributed by atoms with Gasteiger partial charge in [-0.3, -0.25) is 9.69 Å². The van der Waals surface area contributed by atoms with Gasteiger partial charge in [-0.1, -0.05) is 42.5 Å². The van der Waals surface area contributed by atoms with Crippen molar-refractivity contribution in [2.24, 2.45) is 0 Å². The van der Waals surface area contributed by atoms with Gasteiger partial charge in [0.15, 0.2) is 0 Å². The van der Waals surface area contributed by atoms with Gasteiger partial charge in [0.25, 0.3) is 5.91 Å². The molecule has 0 aromatic heterocycles. The molecular formula is C20H23FN2O2. The molecular weight excluding hydrogens is 319 g/mol. The summed E-state index contributed by atoms with van der Waals surface area (Å²) >= 11 is 0. The predicted molar refractivity (Wildman–Crippen MR) is 94.9 cm³/mol. The monoisotopic (exact) mass is 342 g/mol. The number of nitrogens with zero attached hydrogens (tertiary/aromatic N) is 1. The molecule has 1 aliphatic heterocycles. The van der Waals surface area contributed by atoms with E-state index in [4.69, 9.17) is 4.74 Å². The zero-order valence-corrected chi connectivity index (χ0v) is 14.2. The number of benzene rings is 2. The number of carbonyl (C=O) groups excluding carboxylic acids is 1. The summed E-state index contributed by atoms with van der Waals surface area (Å²) in [5, 5.41) is 2.79. The Hall–Kier alpha value is -2.24. The molecule has 0 aliphatic carbocycles. The first kappa shape index (κ1) is 17.6. The smallest absolute Gasteiger partial charge is 0.254 e. The zero-order chi connectivity index (χ0) is 17.5. The number of hydrogen-bond donors (Lipinski definition) is 1. The number of ether oxygens (including phenoxy) is 1. The molecule has 0 spiro atoms. The summed E-state index contributed by atoms with van der Waals surface area (Å²) in [7, 11) is 0. The van der Waals surface area contributed by atoms with Gasteiger partial charge in [-0.2, -0.15) is 0 Å². The first-order valence-electron chi connectivity index (χ1n) is 8.65. The standard InChI is InChI=1S/C20H23FN2O2/c21-18-10-5-4-9-17(18)20(24)22-11-6-12-23-13-14-25-19(15-23)16-7-2-1-3-8-16/h1-5,7-10,19H,6,11-15H2,(H,22,24). The van der Waals surface area contributed by atoms with E-state index in [9.17, 15) is 9.18 Å². The number of halogens is 1. The number of rotatable bonds is 6. The van der Waals surface area contributed by atoms with Crippen LogP contribution in [0.3, 0.4) is 0 Å². The second-order valence-electron chi connectivity index (χ2n) is 6.16. The van der Waals surface area contributed by atoms with Crippen LogP contribution in [-0.4, -0.2) is 43.6 Å². The Morgan fingerprint density at radius 1 is 1.16 bits per heavy atom. The topological polar surface area (TPSA) is 41.6 Å². The largest absolute Gasteiger partial charge is 0.371 e. The molecule has 25 heavy (non-hydrogen) atoms. The molecule has 1 amide bonds. The van der Waals surface area contributed by atoms with Crippen LogP contribution in [0.2, 0.25) is 0 Å². The van der Waals surface area contributed by atoms with Gasteiger partial charge >= 0.3 is 0 Å². The number of carbonyl (C=O) groups is 1. The lowest BCUT2D eigenvalue weighted by molar-refractivity contribution is -0.0301. The SMILES string of the molecule is O=C(NCCCN1CCOC(c2ccccc2)C1)c1ccccc1F. The second-order valence-corrected chi connectivity index (χ2v) is 6.16. The van der Waals surface area contributed by atoms with Gasteiger partial charge in [-0.15, -0.1) is 0 Å². The molecule has 1 aliphatic rings. The molecule has 5 heteroatoms. The highest BCUT2D eigenvalue weighted by molar-refractivity contribution is 5.94. The van der Waals surface area contributed by atoms with E-state index in [1.54, 1.807) is 12.1 Å². The van der Waals surface area contributed by atoms with Crippen molar-refractivity contribution in [2.45, 2.75) is 12.5 Å². The average Bonchev–Trinajstić information content (AvgIpc) is 2.66. The molecule has 2 aromatic carbocycles. The average molecular weight is 342 g/mol. The molecule has 1 heterocycles. The van der Waals surface area contributed by atoms with Crippen LogP contribution in [0, 0.1) is 5.82 Å². The van der Waals surface area contributed by atoms with E-state index in [0.717, 1.165) is 26.1 Å². The first-order valence-corrected chi connectivity index (χ1v) is 8.65. The van der Waals surface area contributed by atoms with Crippen molar-refractivity contribution in [3.05, 3.63) is 71.5 Å². The number of nitrogens with one attached hydrogen (secondary N) is 1. The van der Waals surface area contributed by atoms with Crippen molar-refractivity contribution in [1.29, 1.82) is 0 Å². The number of morpholine rings is 1. The maximum Gasteiger partial charge on any atom is 0.254 e. The summed E-state index contributed by atoms with van der Waals surface area (Å²) in [5.74, 6) is -0.846. The Kier molecular flexibility index (Phi) is 6.14. The summed E-state index contributed by atoms with van der Waals surface area (Å²) in [6.07, 6.45) is 0.921. The van der Waals surface area contributed by atoms with Gasteiger partial charge in [0.05, 0.1) is 18.3 Å². The Labute approximate surface area is 147 Å². The molecule has 0 radical (unpaired) electrons. The van der Waals surface area contributed by atoms with Gasteiger partial charge in [0.1, 0.15) is 5.82 Å². The van der Waals surface area contributed by atoms with Crippen LogP contribution in [0.15, 0.2) is 54.6 Å². The van der Waals surface area contributed by atoms with Gasteiger partial charge in [0, 0.05) is 26.2 Å². The van der Waals surface area contributed by atoms with E-state index >= 15 is 0 Å². The minimum absolute atomic E-state index is 0.0954. The third-order valence-electron chi connectivity index (χ3n) is 4.38. The fourth-order valence-corrected chi connectivity index (χ4v) is 3.02. The Morgan fingerprint density at radius 2 is 1.92 bits per heavy atom. The van der Waals surface area contributed by atoms with E-state index in [1.807, 2.05) is 18.2 Å². The molecule has 4 nitrogen and oxygen atoms in total. The zero-order valence-electron chi connectivity index (χ0n) is 14.2. The van der Waals surface area contributed by atoms with Crippen molar-refractivity contribution in [3.63, 3.8) is 0 Å². The molecule has 1 saturated heterocycles. The lowest BCUT2D eigenvalue weighted by Crippen LogP contribution is -2.39. The van der Waals surface area contributed by atoms with Crippen LogP contribution in [0.1, 0.15) is 28.4 Å². The summed E-state index contributed by atoms with van der Waals surface area (Å²) in [6.45, 7) is 3.86. The predicted octanol–water partition coefficient (Wildman–Crippen LogP) is 3.02. The molecule has 0 bridgehead atoms. The molecule has 1 atom stereocenters. The summed E-state index contributed by atoms with van der Waals surface area (Å²) < 4.78 is 19.4. The summed E-state index contributed by atoms with van der Waals surface area (Å²) in [4.78, 5) is 14.3. The highest BCUT2D eigenvalue weighted by atomic mass is 19.1. The van der Waals surface area contributed by atoms with Crippen LogP contribution in [0.4, 0.5) is 4.39 Å². The maximum atomic E-state index is 13.6. The van der Waals surface area contributed by atoms with E-state index in [0.29, 0.717) is 13.2 Å². The lowest BCUT2D eigenvalue weighted by atomic mass is 10.1. The highest BCUT2D eigenvalue weighted by Gasteiger charge is 2.21. The number of hydrogen-bond acceptors (Lipinski definition) is 3. The van der Waals surface area contributed by atoms with Crippen molar-refractivity contribution in [1.82, 2.24) is 10.2 Å². The molecule has 3 rings (SSSR count). The first-order chi connectivity index (χ1) is 12.2. The third kappa shape index (κ3) is 4.87. The molecule has 0 saturated carbocycles. The fraction of sp³-hybridized carbons (Fsp3) is 0.350. The van der Waals surface area contributed by atoms with Gasteiger partial charge < -0.3 is 10.1 Å². The highest BCUT2D eigenvalue weighted by Crippen LogP contribution is 2.21. The maximum absolute atomic E-state index is 13.6. The van der Waals surface area contributed by atoms with E-state index in [1.165, 1.54) is 17.7 Å². The Morgan fingerprint density at radius 3 is 2.72 bits per heavy atom. The van der Waals surface area contributed by atoms with Crippen molar-refractivity contribution in [3.8, 4) is 0 Å². The third-order valence-corrected chi connectivity index (χ3v) is 4.38. The number of amides is 1. The lowest BCUT2D eigenvalue weighted by Gasteiger charge is -2.33. The van der Waals surface area contributed by atoms with Crippen LogP contribution in [0.5, 0.6) is 0 Å². The quantitative estimate of drug-likeness (QED) is 0.821. The van der Waals surface area contributed by atoms with E-state index < -0.39 is 5.82 Å². The minimum atomic E-state index is -0.487. The second kappa shape index (κ2) is 8.74. The Bertz CT molecular complexity index is 693. The minimum Gasteiger partial charge on any atom is -0.371 e. The van der Waals surface area contributed by atoms with Gasteiger partial charge in [0.2, 0.25) is 0 Å². The van der Waals surface area contributed by atoms with Crippen LogP contribution in [0.25, 0.3) is 0 Å². The van der Waals surface area contributed by atoms with E-state index in [2.05, 4.69) is 22.3 Å². The van der Waals surface area contributed by atoms with Crippen molar-refractivity contribution < 1.29 is 13.9 Å². The molecule has 1 N–H and O–H groups in total. The van der Waals surface area contributed by atoms with Crippen LogP contribution in [-0.2, 0) is 4.74 Å². The van der Waals surface area contributed by atoms with Crippen molar-refractivity contribution in [2.75, 3.05) is 32.8 Å². The van der Waals surface area contributed by atoms with Crippen molar-refractivity contribution >= 4 is 5.91 Å². The molecule has 2 aromatic rings. The van der Waals surface area contributed by atoms with Crippen LogP contribution < -0.4 is 5.32 Å². The molecule has 132 valence electrons. The van der Waals surface area contributed by atoms with Gasteiger partial charge in [-0.05, 0) is 24.1 Å². The van der Waals surface area contributed by atoms with E-state index in [-0.39, 0.29) is 17.6 Å². The fourth-order valence-electron chi connectivity index (χ4n) is 3.02. The summed E-state index contributed by atoms with van der Waals surface area (Å²) in [5.41, 5.74) is 1.29. The Balaban J connectivity index is 1.42. The van der Waals surface area contributed by atoms with Gasteiger partial charge in [-0.25, -0.2) is 4.39 Å². The normalized spacial score (nSPS) is 18.0. The molecule has 1 unspecified atom stereocenters. The molecule has 1 fully saturated rings. The van der Waals surface area contributed by atoms with Crippen LogP contribution >= 0.6 is 0 Å². The summed E-state index contributed by atoms with van der Waals surface area (Å²) in [6, 6.07) is 16.3.